The van der Waals surface area contributed by atoms with E-state index in [1.165, 1.54) is 0 Å². The number of aliphatic hydroxyl groups is 1. The average Bonchev–Trinajstić information content (AvgIpc) is 2.84. The first-order valence-electron chi connectivity index (χ1n) is 6.89. The van der Waals surface area contributed by atoms with Gasteiger partial charge in [0, 0.05) is 11.1 Å². The summed E-state index contributed by atoms with van der Waals surface area (Å²) in [4.78, 5) is 12.1. The Labute approximate surface area is 118 Å². The molecule has 0 spiro atoms. The smallest absolute Gasteiger partial charge is 0.229 e. The Kier molecular flexibility index (Phi) is 4.39. The third-order valence-corrected chi connectivity index (χ3v) is 3.41. The molecule has 0 saturated heterocycles. The number of benzene rings is 1. The largest absolute Gasteiger partial charge is 0.392 e. The molecule has 2 aromatic rings. The van der Waals surface area contributed by atoms with Crippen LogP contribution in [0.3, 0.4) is 0 Å². The number of carbonyl (C=O) groups is 1. The van der Waals surface area contributed by atoms with Crippen molar-refractivity contribution in [2.75, 3.05) is 5.32 Å². The second-order valence-electron chi connectivity index (χ2n) is 5.65. The number of H-pyrrole nitrogens is 1. The van der Waals surface area contributed by atoms with Crippen LogP contribution in [0.15, 0.2) is 24.4 Å². The topological polar surface area (TPSA) is 78.0 Å². The number of aromatic amines is 1. The fourth-order valence-electron chi connectivity index (χ4n) is 2.14. The predicted molar refractivity (Wildman–Crippen MR) is 79.3 cm³/mol. The lowest BCUT2D eigenvalue weighted by Crippen LogP contribution is -2.31. The summed E-state index contributed by atoms with van der Waals surface area (Å²) in [5.74, 6) is -0.235. The highest BCUT2D eigenvalue weighted by Crippen LogP contribution is 2.19. The summed E-state index contributed by atoms with van der Waals surface area (Å²) < 4.78 is 0. The van der Waals surface area contributed by atoms with Crippen LogP contribution in [-0.2, 0) is 4.79 Å². The monoisotopic (exact) mass is 275 g/mol. The van der Waals surface area contributed by atoms with Gasteiger partial charge in [0.2, 0.25) is 5.91 Å². The van der Waals surface area contributed by atoms with Crippen LogP contribution < -0.4 is 5.32 Å². The maximum atomic E-state index is 12.1. The second kappa shape index (κ2) is 6.05. The lowest BCUT2D eigenvalue weighted by atomic mass is 9.95. The van der Waals surface area contributed by atoms with Gasteiger partial charge < -0.3 is 10.4 Å². The number of hydrogen-bond donors (Lipinski definition) is 3. The Hall–Kier alpha value is -1.88. The van der Waals surface area contributed by atoms with Gasteiger partial charge in [-0.25, -0.2) is 0 Å². The molecule has 0 saturated carbocycles. The minimum absolute atomic E-state index is 0.166. The highest BCUT2D eigenvalue weighted by atomic mass is 16.3. The minimum atomic E-state index is -0.618. The van der Waals surface area contributed by atoms with E-state index in [-0.39, 0.29) is 5.91 Å². The number of amides is 1. The van der Waals surface area contributed by atoms with Gasteiger partial charge in [0.25, 0.3) is 0 Å². The van der Waals surface area contributed by atoms with Gasteiger partial charge >= 0.3 is 0 Å². The highest BCUT2D eigenvalue weighted by Gasteiger charge is 2.22. The van der Waals surface area contributed by atoms with Gasteiger partial charge in [-0.05, 0) is 30.5 Å². The molecule has 2 atom stereocenters. The summed E-state index contributed by atoms with van der Waals surface area (Å²) in [5.41, 5.74) is 1.64. The SMILES string of the molecule is CC(C)CC(O)C(C)C(=O)Nc1ccc2[nH]ncc2c1. The van der Waals surface area contributed by atoms with Crippen LogP contribution >= 0.6 is 0 Å². The van der Waals surface area contributed by atoms with Gasteiger partial charge in [-0.1, -0.05) is 20.8 Å². The Balaban J connectivity index is 2.02. The van der Waals surface area contributed by atoms with E-state index >= 15 is 0 Å². The molecule has 1 heterocycles. The summed E-state index contributed by atoms with van der Waals surface area (Å²) >= 11 is 0. The molecule has 3 N–H and O–H groups in total. The molecule has 5 heteroatoms. The van der Waals surface area contributed by atoms with E-state index in [0.717, 1.165) is 10.9 Å². The average molecular weight is 275 g/mol. The Morgan fingerprint density at radius 2 is 2.15 bits per heavy atom. The summed E-state index contributed by atoms with van der Waals surface area (Å²) in [6.45, 7) is 5.81. The van der Waals surface area contributed by atoms with Crippen LogP contribution in [0.2, 0.25) is 0 Å². The molecule has 5 nitrogen and oxygen atoms in total. The molecule has 20 heavy (non-hydrogen) atoms. The molecule has 0 aliphatic carbocycles. The lowest BCUT2D eigenvalue weighted by molar-refractivity contribution is -0.122. The van der Waals surface area contributed by atoms with Gasteiger partial charge in [0.15, 0.2) is 0 Å². The summed E-state index contributed by atoms with van der Waals surface area (Å²) in [5, 5.41) is 20.6. The normalized spacial score (nSPS) is 14.4. The zero-order chi connectivity index (χ0) is 14.7. The van der Waals surface area contributed by atoms with Gasteiger partial charge in [-0.3, -0.25) is 9.89 Å². The quantitative estimate of drug-likeness (QED) is 0.784. The second-order valence-corrected chi connectivity index (χ2v) is 5.65. The zero-order valence-corrected chi connectivity index (χ0v) is 12.1. The molecule has 2 rings (SSSR count). The van der Waals surface area contributed by atoms with Crippen LogP contribution in [0.25, 0.3) is 10.9 Å². The predicted octanol–water partition coefficient (Wildman–Crippen LogP) is 2.54. The standard InChI is InChI=1S/C15H21N3O2/c1-9(2)6-14(19)10(3)15(20)17-12-4-5-13-11(7-12)8-16-18-13/h4-5,7-10,14,19H,6H2,1-3H3,(H,16,18)(H,17,20). The van der Waals surface area contributed by atoms with E-state index in [2.05, 4.69) is 15.5 Å². The highest BCUT2D eigenvalue weighted by molar-refractivity contribution is 5.95. The van der Waals surface area contributed by atoms with E-state index in [9.17, 15) is 9.90 Å². The Morgan fingerprint density at radius 1 is 1.40 bits per heavy atom. The maximum Gasteiger partial charge on any atom is 0.229 e. The minimum Gasteiger partial charge on any atom is -0.392 e. The summed E-state index contributed by atoms with van der Waals surface area (Å²) in [6, 6.07) is 5.55. The number of fused-ring (bicyclic) bond motifs is 1. The first kappa shape index (κ1) is 14.5. The molecule has 0 radical (unpaired) electrons. The number of aliphatic hydroxyl groups excluding tert-OH is 1. The van der Waals surface area contributed by atoms with Gasteiger partial charge in [0.05, 0.1) is 23.7 Å². The third kappa shape index (κ3) is 3.36. The van der Waals surface area contributed by atoms with Crippen LogP contribution in [-0.4, -0.2) is 27.3 Å². The third-order valence-electron chi connectivity index (χ3n) is 3.41. The number of rotatable bonds is 5. The Bertz CT molecular complexity index is 592. The van der Waals surface area contributed by atoms with E-state index in [0.29, 0.717) is 18.0 Å². The molecule has 0 aliphatic heterocycles. The molecule has 0 fully saturated rings. The molecule has 1 aromatic heterocycles. The molecule has 0 bridgehead atoms. The van der Waals surface area contributed by atoms with Crippen molar-refractivity contribution in [3.05, 3.63) is 24.4 Å². The number of carbonyl (C=O) groups excluding carboxylic acids is 1. The molecular formula is C15H21N3O2. The van der Waals surface area contributed by atoms with Crippen LogP contribution in [0.5, 0.6) is 0 Å². The first-order chi connectivity index (χ1) is 9.47. The van der Waals surface area contributed by atoms with Crippen LogP contribution in [0.4, 0.5) is 5.69 Å². The molecule has 2 unspecified atom stereocenters. The van der Waals surface area contributed by atoms with Crippen molar-refractivity contribution in [1.29, 1.82) is 0 Å². The van der Waals surface area contributed by atoms with Gasteiger partial charge in [-0.2, -0.15) is 5.10 Å². The first-order valence-corrected chi connectivity index (χ1v) is 6.89. The lowest BCUT2D eigenvalue weighted by Gasteiger charge is -2.20. The van der Waals surface area contributed by atoms with Crippen molar-refractivity contribution in [2.45, 2.75) is 33.3 Å². The number of hydrogen-bond acceptors (Lipinski definition) is 3. The number of nitrogens with zero attached hydrogens (tertiary/aromatic N) is 1. The van der Waals surface area contributed by atoms with Gasteiger partial charge in [0.1, 0.15) is 0 Å². The van der Waals surface area contributed by atoms with E-state index in [1.54, 1.807) is 13.1 Å². The van der Waals surface area contributed by atoms with Crippen molar-refractivity contribution in [1.82, 2.24) is 10.2 Å². The Morgan fingerprint density at radius 3 is 2.85 bits per heavy atom. The molecule has 108 valence electrons. The van der Waals surface area contributed by atoms with Crippen LogP contribution in [0, 0.1) is 11.8 Å². The number of nitrogens with one attached hydrogen (secondary N) is 2. The maximum absolute atomic E-state index is 12.1. The van der Waals surface area contributed by atoms with E-state index in [4.69, 9.17) is 0 Å². The van der Waals surface area contributed by atoms with Crippen molar-refractivity contribution in [3.8, 4) is 0 Å². The fraction of sp³-hybridized carbons (Fsp3) is 0.467. The molecule has 1 aromatic carbocycles. The molecule has 0 aliphatic rings. The van der Waals surface area contributed by atoms with Crippen molar-refractivity contribution in [2.24, 2.45) is 11.8 Å². The summed E-state index contributed by atoms with van der Waals surface area (Å²) in [7, 11) is 0. The summed E-state index contributed by atoms with van der Waals surface area (Å²) in [6.07, 6.45) is 1.71. The molecule has 1 amide bonds. The zero-order valence-electron chi connectivity index (χ0n) is 12.1. The van der Waals surface area contributed by atoms with E-state index in [1.807, 2.05) is 32.0 Å². The molecular weight excluding hydrogens is 254 g/mol. The van der Waals surface area contributed by atoms with Crippen molar-refractivity contribution >= 4 is 22.5 Å². The van der Waals surface area contributed by atoms with Crippen molar-refractivity contribution < 1.29 is 9.90 Å². The van der Waals surface area contributed by atoms with Crippen LogP contribution in [0.1, 0.15) is 27.2 Å². The van der Waals surface area contributed by atoms with Crippen molar-refractivity contribution in [3.63, 3.8) is 0 Å². The number of aromatic nitrogens is 2. The number of anilines is 1. The van der Waals surface area contributed by atoms with Gasteiger partial charge in [-0.15, -0.1) is 0 Å². The fourth-order valence-corrected chi connectivity index (χ4v) is 2.14. The van der Waals surface area contributed by atoms with E-state index < -0.39 is 12.0 Å².